The third kappa shape index (κ3) is 3.61. The highest BCUT2D eigenvalue weighted by Crippen LogP contribution is 2.29. The molecule has 28 heavy (non-hydrogen) atoms. The fourth-order valence-corrected chi connectivity index (χ4v) is 4.14. The zero-order chi connectivity index (χ0) is 19.7. The number of rotatable bonds is 4. The summed E-state index contributed by atoms with van der Waals surface area (Å²) in [7, 11) is 0. The maximum absolute atomic E-state index is 12.8. The van der Waals surface area contributed by atoms with Gasteiger partial charge in [-0.25, -0.2) is 4.68 Å². The van der Waals surface area contributed by atoms with E-state index in [1.54, 1.807) is 57.7 Å². The summed E-state index contributed by atoms with van der Waals surface area (Å²) < 4.78 is 1.60. The first-order valence-corrected chi connectivity index (χ1v) is 10.0. The van der Waals surface area contributed by atoms with Crippen LogP contribution in [0.1, 0.15) is 10.5 Å². The number of amides is 1. The number of halogens is 1. The summed E-state index contributed by atoms with van der Waals surface area (Å²) in [4.78, 5) is 25.3. The van der Waals surface area contributed by atoms with Crippen LogP contribution in [-0.2, 0) is 0 Å². The lowest BCUT2D eigenvalue weighted by Crippen LogP contribution is -2.28. The first kappa shape index (κ1) is 18.5. The predicted octanol–water partition coefficient (Wildman–Crippen LogP) is 4.25. The molecule has 0 saturated carbocycles. The minimum atomic E-state index is -0.447. The van der Waals surface area contributed by atoms with Crippen molar-refractivity contribution in [2.45, 2.75) is 0 Å². The third-order valence-electron chi connectivity index (χ3n) is 4.37. The summed E-state index contributed by atoms with van der Waals surface area (Å²) in [6.45, 7) is 0.680. The number of nitro benzene ring substituents is 1. The van der Waals surface area contributed by atoms with E-state index in [2.05, 4.69) is 5.10 Å². The highest BCUT2D eigenvalue weighted by Gasteiger charge is 2.24. The number of nitrogens with zero attached hydrogens (tertiary/aromatic N) is 4. The van der Waals surface area contributed by atoms with Crippen LogP contribution < -0.4 is 0 Å². The van der Waals surface area contributed by atoms with Crippen LogP contribution in [0.3, 0.4) is 0 Å². The van der Waals surface area contributed by atoms with Gasteiger partial charge in [0.1, 0.15) is 0 Å². The molecule has 1 amide bonds. The van der Waals surface area contributed by atoms with Gasteiger partial charge in [0.05, 0.1) is 22.2 Å². The molecule has 0 bridgehead atoms. The van der Waals surface area contributed by atoms with Crippen LogP contribution in [0, 0.1) is 10.1 Å². The summed E-state index contributed by atoms with van der Waals surface area (Å²) in [5.41, 5.74) is 2.12. The summed E-state index contributed by atoms with van der Waals surface area (Å²) >= 11 is 7.82. The van der Waals surface area contributed by atoms with E-state index in [0.717, 1.165) is 5.75 Å². The SMILES string of the molecule is O=C(c1cc(-c2cccc([N+](=O)[O-])c2)n(-c2cccc(Cl)c2)n1)N1CCSC1. The van der Waals surface area contributed by atoms with Crippen LogP contribution in [0.5, 0.6) is 0 Å². The Balaban J connectivity index is 1.84. The molecule has 0 unspecified atom stereocenters. The molecule has 1 fully saturated rings. The van der Waals surface area contributed by atoms with Gasteiger partial charge in [0.2, 0.25) is 0 Å². The molecule has 0 spiro atoms. The monoisotopic (exact) mass is 414 g/mol. The van der Waals surface area contributed by atoms with Crippen molar-refractivity contribution in [3.63, 3.8) is 0 Å². The Kier molecular flexibility index (Phi) is 5.06. The van der Waals surface area contributed by atoms with Gasteiger partial charge in [-0.1, -0.05) is 29.8 Å². The molecule has 2 aromatic carbocycles. The average molecular weight is 415 g/mol. The summed E-state index contributed by atoms with van der Waals surface area (Å²) in [6.07, 6.45) is 0. The molecule has 0 atom stereocenters. The largest absolute Gasteiger partial charge is 0.327 e. The molecule has 1 aliphatic rings. The van der Waals surface area contributed by atoms with Gasteiger partial charge in [0.25, 0.3) is 11.6 Å². The summed E-state index contributed by atoms with van der Waals surface area (Å²) in [6, 6.07) is 15.0. The number of hydrogen-bond donors (Lipinski definition) is 0. The van der Waals surface area contributed by atoms with Crippen LogP contribution >= 0.6 is 23.4 Å². The normalized spacial score (nSPS) is 13.7. The molecule has 0 N–H and O–H groups in total. The maximum Gasteiger partial charge on any atom is 0.275 e. The molecule has 1 saturated heterocycles. The standard InChI is InChI=1S/C19H15ClN4O3S/c20-14-4-2-5-15(10-14)23-18(13-3-1-6-16(9-13)24(26)27)11-17(21-23)19(25)22-7-8-28-12-22/h1-6,9-11H,7-8,12H2. The van der Waals surface area contributed by atoms with Gasteiger partial charge >= 0.3 is 0 Å². The number of hydrogen-bond acceptors (Lipinski definition) is 5. The fraction of sp³-hybridized carbons (Fsp3) is 0.158. The second-order valence-corrected chi connectivity index (χ2v) is 7.73. The minimum Gasteiger partial charge on any atom is -0.327 e. The number of thioether (sulfide) groups is 1. The van der Waals surface area contributed by atoms with Crippen molar-refractivity contribution in [1.29, 1.82) is 0 Å². The van der Waals surface area contributed by atoms with Crippen molar-refractivity contribution in [2.75, 3.05) is 18.2 Å². The number of non-ortho nitro benzene ring substituents is 1. The van der Waals surface area contributed by atoms with Gasteiger partial charge in [-0.3, -0.25) is 14.9 Å². The van der Waals surface area contributed by atoms with Crippen molar-refractivity contribution in [1.82, 2.24) is 14.7 Å². The van der Waals surface area contributed by atoms with Crippen molar-refractivity contribution in [2.24, 2.45) is 0 Å². The lowest BCUT2D eigenvalue weighted by Gasteiger charge is -2.11. The second kappa shape index (κ2) is 7.65. The smallest absolute Gasteiger partial charge is 0.275 e. The van der Waals surface area contributed by atoms with E-state index in [-0.39, 0.29) is 11.6 Å². The maximum atomic E-state index is 12.8. The van der Waals surface area contributed by atoms with E-state index in [1.165, 1.54) is 12.1 Å². The number of carbonyl (C=O) groups excluding carboxylic acids is 1. The van der Waals surface area contributed by atoms with Gasteiger partial charge in [0, 0.05) is 35.0 Å². The molecular weight excluding hydrogens is 400 g/mol. The summed E-state index contributed by atoms with van der Waals surface area (Å²) in [5.74, 6) is 1.38. The van der Waals surface area contributed by atoms with Gasteiger partial charge in [-0.2, -0.15) is 5.10 Å². The topological polar surface area (TPSA) is 81.3 Å². The average Bonchev–Trinajstić information content (AvgIpc) is 3.38. The van der Waals surface area contributed by atoms with Crippen LogP contribution in [0.4, 0.5) is 5.69 Å². The van der Waals surface area contributed by atoms with Crippen LogP contribution in [0.15, 0.2) is 54.6 Å². The lowest BCUT2D eigenvalue weighted by atomic mass is 10.1. The van der Waals surface area contributed by atoms with Gasteiger partial charge in [0.15, 0.2) is 5.69 Å². The van der Waals surface area contributed by atoms with E-state index < -0.39 is 4.92 Å². The Morgan fingerprint density at radius 1 is 1.18 bits per heavy atom. The van der Waals surface area contributed by atoms with Gasteiger partial charge in [-0.05, 0) is 24.3 Å². The zero-order valence-electron chi connectivity index (χ0n) is 14.6. The Hall–Kier alpha value is -2.84. The van der Waals surface area contributed by atoms with Crippen LogP contribution in [0.2, 0.25) is 5.02 Å². The molecule has 1 aromatic heterocycles. The van der Waals surface area contributed by atoms with Crippen molar-refractivity contribution in [3.05, 3.63) is 75.4 Å². The van der Waals surface area contributed by atoms with E-state index in [1.807, 2.05) is 6.07 Å². The van der Waals surface area contributed by atoms with Crippen molar-refractivity contribution < 1.29 is 9.72 Å². The zero-order valence-corrected chi connectivity index (χ0v) is 16.2. The Morgan fingerprint density at radius 3 is 2.71 bits per heavy atom. The number of nitro groups is 1. The van der Waals surface area contributed by atoms with E-state index in [4.69, 9.17) is 11.6 Å². The molecule has 142 valence electrons. The van der Waals surface area contributed by atoms with E-state index >= 15 is 0 Å². The van der Waals surface area contributed by atoms with Crippen LogP contribution in [-0.4, -0.2) is 43.7 Å². The first-order chi connectivity index (χ1) is 13.5. The lowest BCUT2D eigenvalue weighted by molar-refractivity contribution is -0.384. The second-order valence-electron chi connectivity index (χ2n) is 6.22. The predicted molar refractivity (Wildman–Crippen MR) is 109 cm³/mol. The molecule has 3 aromatic rings. The van der Waals surface area contributed by atoms with E-state index in [0.29, 0.717) is 40.1 Å². The molecule has 9 heteroatoms. The summed E-state index contributed by atoms with van der Waals surface area (Å²) in [5, 5.41) is 16.2. The number of carbonyl (C=O) groups is 1. The van der Waals surface area contributed by atoms with Gasteiger partial charge in [-0.15, -0.1) is 11.8 Å². The molecule has 0 radical (unpaired) electrons. The Labute approximate surface area is 170 Å². The number of aromatic nitrogens is 2. The molecule has 1 aliphatic heterocycles. The molecule has 4 rings (SSSR count). The highest BCUT2D eigenvalue weighted by atomic mass is 35.5. The van der Waals surface area contributed by atoms with Gasteiger partial charge < -0.3 is 4.90 Å². The molecule has 7 nitrogen and oxygen atoms in total. The van der Waals surface area contributed by atoms with Crippen LogP contribution in [0.25, 0.3) is 16.9 Å². The highest BCUT2D eigenvalue weighted by molar-refractivity contribution is 7.99. The van der Waals surface area contributed by atoms with Crippen molar-refractivity contribution in [3.8, 4) is 16.9 Å². The molecule has 2 heterocycles. The number of benzene rings is 2. The minimum absolute atomic E-state index is 0.0276. The first-order valence-electron chi connectivity index (χ1n) is 8.51. The third-order valence-corrected chi connectivity index (χ3v) is 5.57. The quantitative estimate of drug-likeness (QED) is 0.471. The van der Waals surface area contributed by atoms with E-state index in [9.17, 15) is 14.9 Å². The Bertz CT molecular complexity index is 1060. The van der Waals surface area contributed by atoms with Crippen molar-refractivity contribution >= 4 is 35.0 Å². The molecular formula is C19H15ClN4O3S. The fourth-order valence-electron chi connectivity index (χ4n) is 3.01. The Morgan fingerprint density at radius 2 is 2.00 bits per heavy atom. The molecule has 0 aliphatic carbocycles.